The molecule has 0 bridgehead atoms. The fourth-order valence-corrected chi connectivity index (χ4v) is 2.81. The van der Waals surface area contributed by atoms with Crippen LogP contribution in [0, 0.1) is 0 Å². The van der Waals surface area contributed by atoms with Crippen molar-refractivity contribution in [3.8, 4) is 0 Å². The van der Waals surface area contributed by atoms with Gasteiger partial charge in [0.1, 0.15) is 11.1 Å². The molecular formula is C20H21CuN3O3. The molecule has 6 nitrogen and oxygen atoms in total. The summed E-state index contributed by atoms with van der Waals surface area (Å²) < 4.78 is 5.39. The summed E-state index contributed by atoms with van der Waals surface area (Å²) in [6.07, 6.45) is 1.65. The number of benzene rings is 1. The Morgan fingerprint density at radius 2 is 1.93 bits per heavy atom. The van der Waals surface area contributed by atoms with Crippen LogP contribution in [-0.2, 0) is 23.6 Å². The van der Waals surface area contributed by atoms with Gasteiger partial charge in [0.25, 0.3) is 5.91 Å². The van der Waals surface area contributed by atoms with Crippen LogP contribution in [0.1, 0.15) is 29.9 Å². The second-order valence-corrected chi connectivity index (χ2v) is 5.85. The molecule has 3 aromatic rings. The quantitative estimate of drug-likeness (QED) is 0.495. The van der Waals surface area contributed by atoms with Gasteiger partial charge in [0, 0.05) is 53.5 Å². The summed E-state index contributed by atoms with van der Waals surface area (Å²) in [6.45, 7) is 6.11. The van der Waals surface area contributed by atoms with E-state index in [9.17, 15) is 9.59 Å². The number of fused-ring (bicyclic) bond motifs is 1. The van der Waals surface area contributed by atoms with Crippen LogP contribution in [0.2, 0.25) is 0 Å². The Kier molecular flexibility index (Phi) is 7.16. The van der Waals surface area contributed by atoms with Gasteiger partial charge in [-0.05, 0) is 44.2 Å². The average Bonchev–Trinajstić information content (AvgIpc) is 2.67. The first-order chi connectivity index (χ1) is 12.6. The second-order valence-electron chi connectivity index (χ2n) is 5.85. The monoisotopic (exact) mass is 414 g/mol. The third-order valence-electron chi connectivity index (χ3n) is 4.25. The van der Waals surface area contributed by atoms with Crippen LogP contribution in [0.15, 0.2) is 57.9 Å². The Morgan fingerprint density at radius 3 is 2.59 bits per heavy atom. The summed E-state index contributed by atoms with van der Waals surface area (Å²) in [5, 5.41) is 3.41. The number of hydrogen-bond acceptors (Lipinski definition) is 5. The number of nitrogens with one attached hydrogen (secondary N) is 1. The van der Waals surface area contributed by atoms with E-state index in [2.05, 4.69) is 29.0 Å². The van der Waals surface area contributed by atoms with Crippen LogP contribution in [0.5, 0.6) is 0 Å². The van der Waals surface area contributed by atoms with Gasteiger partial charge in [0.2, 0.25) is 0 Å². The van der Waals surface area contributed by atoms with E-state index >= 15 is 0 Å². The maximum Gasteiger partial charge on any atom is 0.349 e. The average molecular weight is 415 g/mol. The number of pyridine rings is 1. The van der Waals surface area contributed by atoms with Crippen molar-refractivity contribution in [3.05, 3.63) is 70.3 Å². The first-order valence-electron chi connectivity index (χ1n) is 8.63. The third-order valence-corrected chi connectivity index (χ3v) is 4.25. The summed E-state index contributed by atoms with van der Waals surface area (Å²) in [6, 6.07) is 12.7. The van der Waals surface area contributed by atoms with Gasteiger partial charge in [-0.15, -0.1) is 0 Å². The maximum absolute atomic E-state index is 12.3. The van der Waals surface area contributed by atoms with E-state index in [1.807, 2.05) is 24.3 Å². The van der Waals surface area contributed by atoms with E-state index < -0.39 is 11.5 Å². The SMILES string of the molecule is CCN(CC)c1ccc2cc(C(=O)NCc3ccccn3)c(=O)oc2c1.[Cu]. The van der Waals surface area contributed by atoms with Crippen LogP contribution in [0.3, 0.4) is 0 Å². The summed E-state index contributed by atoms with van der Waals surface area (Å²) in [4.78, 5) is 30.9. The largest absolute Gasteiger partial charge is 0.422 e. The number of hydrogen-bond donors (Lipinski definition) is 1. The van der Waals surface area contributed by atoms with Gasteiger partial charge < -0.3 is 14.6 Å². The van der Waals surface area contributed by atoms with Gasteiger partial charge in [-0.1, -0.05) is 6.07 Å². The molecule has 0 saturated heterocycles. The Hall–Kier alpha value is -2.63. The zero-order chi connectivity index (χ0) is 18.5. The number of nitrogens with zero attached hydrogens (tertiary/aromatic N) is 2. The van der Waals surface area contributed by atoms with Crippen molar-refractivity contribution in [2.75, 3.05) is 18.0 Å². The first-order valence-corrected chi connectivity index (χ1v) is 8.63. The predicted octanol–water partition coefficient (Wildman–Crippen LogP) is 2.96. The summed E-state index contributed by atoms with van der Waals surface area (Å²) in [5.41, 5.74) is 1.52. The molecule has 1 N–H and O–H groups in total. The van der Waals surface area contributed by atoms with E-state index in [1.54, 1.807) is 24.4 Å². The zero-order valence-electron chi connectivity index (χ0n) is 15.2. The second kappa shape index (κ2) is 9.35. The van der Waals surface area contributed by atoms with Gasteiger partial charge in [0.15, 0.2) is 0 Å². The minimum Gasteiger partial charge on any atom is -0.422 e. The summed E-state index contributed by atoms with van der Waals surface area (Å²) in [7, 11) is 0. The van der Waals surface area contributed by atoms with Gasteiger partial charge in [0.05, 0.1) is 12.2 Å². The van der Waals surface area contributed by atoms with Gasteiger partial charge in [-0.3, -0.25) is 9.78 Å². The Balaban J connectivity index is 0.00000261. The fourth-order valence-electron chi connectivity index (χ4n) is 2.81. The van der Waals surface area contributed by atoms with Crippen LogP contribution >= 0.6 is 0 Å². The van der Waals surface area contributed by atoms with Gasteiger partial charge in [-0.2, -0.15) is 0 Å². The molecule has 0 saturated carbocycles. The summed E-state index contributed by atoms with van der Waals surface area (Å²) >= 11 is 0. The molecule has 145 valence electrons. The Morgan fingerprint density at radius 1 is 1.15 bits per heavy atom. The molecule has 3 rings (SSSR count). The van der Waals surface area contributed by atoms with Crippen molar-refractivity contribution < 1.29 is 26.3 Å². The first kappa shape index (κ1) is 20.7. The predicted molar refractivity (Wildman–Crippen MR) is 101 cm³/mol. The van der Waals surface area contributed by atoms with Crippen molar-refractivity contribution in [1.82, 2.24) is 10.3 Å². The molecule has 1 amide bonds. The normalized spacial score (nSPS) is 10.3. The molecule has 0 atom stereocenters. The van der Waals surface area contributed by atoms with Crippen molar-refractivity contribution in [2.45, 2.75) is 20.4 Å². The molecule has 0 spiro atoms. The summed E-state index contributed by atoms with van der Waals surface area (Å²) in [5.74, 6) is -0.473. The molecule has 0 unspecified atom stereocenters. The van der Waals surface area contributed by atoms with E-state index in [0.717, 1.165) is 24.5 Å². The molecular weight excluding hydrogens is 394 g/mol. The fraction of sp³-hybridized carbons (Fsp3) is 0.250. The molecule has 2 aromatic heterocycles. The molecule has 0 fully saturated rings. The number of amides is 1. The smallest absolute Gasteiger partial charge is 0.349 e. The molecule has 7 heteroatoms. The number of carbonyl (C=O) groups is 1. The molecule has 2 heterocycles. The molecule has 1 aromatic carbocycles. The van der Waals surface area contributed by atoms with Gasteiger partial charge in [-0.25, -0.2) is 4.79 Å². The molecule has 1 radical (unpaired) electrons. The zero-order valence-corrected chi connectivity index (χ0v) is 16.1. The molecule has 0 aliphatic carbocycles. The Labute approximate surface area is 168 Å². The van der Waals surface area contributed by atoms with Crippen molar-refractivity contribution in [3.63, 3.8) is 0 Å². The van der Waals surface area contributed by atoms with E-state index in [-0.39, 0.29) is 29.2 Å². The van der Waals surface area contributed by atoms with Crippen LogP contribution in [0.4, 0.5) is 5.69 Å². The van der Waals surface area contributed by atoms with Crippen molar-refractivity contribution in [2.24, 2.45) is 0 Å². The molecule has 27 heavy (non-hydrogen) atoms. The minimum atomic E-state index is -0.646. The molecule has 0 aliphatic heterocycles. The van der Waals surface area contributed by atoms with Crippen molar-refractivity contribution in [1.29, 1.82) is 0 Å². The van der Waals surface area contributed by atoms with Crippen LogP contribution in [-0.4, -0.2) is 24.0 Å². The van der Waals surface area contributed by atoms with E-state index in [0.29, 0.717) is 11.0 Å². The molecule has 0 aliphatic rings. The minimum absolute atomic E-state index is 0. The third kappa shape index (κ3) is 4.76. The number of rotatable bonds is 6. The topological polar surface area (TPSA) is 75.4 Å². The number of aromatic nitrogens is 1. The van der Waals surface area contributed by atoms with Gasteiger partial charge >= 0.3 is 5.63 Å². The maximum atomic E-state index is 12.3. The Bertz CT molecular complexity index is 969. The van der Waals surface area contributed by atoms with E-state index in [4.69, 9.17) is 4.42 Å². The van der Waals surface area contributed by atoms with Crippen LogP contribution < -0.4 is 15.8 Å². The van der Waals surface area contributed by atoms with E-state index in [1.165, 1.54) is 0 Å². The number of carbonyl (C=O) groups excluding carboxylic acids is 1. The standard InChI is InChI=1S/C20H21N3O3.Cu/c1-3-23(4-2)16-9-8-14-11-17(20(25)26-18(14)12-16)19(24)22-13-15-7-5-6-10-21-15;/h5-12H,3-4,13H2,1-2H3,(H,22,24);. The van der Waals surface area contributed by atoms with Crippen LogP contribution in [0.25, 0.3) is 11.0 Å². The number of anilines is 1. The van der Waals surface area contributed by atoms with Crippen molar-refractivity contribution >= 4 is 22.6 Å².